The van der Waals surface area contributed by atoms with Gasteiger partial charge in [-0.15, -0.1) is 6.58 Å². The van der Waals surface area contributed by atoms with E-state index in [9.17, 15) is 4.39 Å². The fraction of sp³-hybridized carbons (Fsp3) is 0.100. The third-order valence-corrected chi connectivity index (χ3v) is 3.70. The third-order valence-electron chi connectivity index (χ3n) is 3.70. The molecule has 0 aliphatic rings. The highest BCUT2D eigenvalue weighted by atomic mass is 19.1. The topological polar surface area (TPSA) is 0 Å². The van der Waals surface area contributed by atoms with Crippen molar-refractivity contribution >= 4 is 10.8 Å². The lowest BCUT2D eigenvalue weighted by Gasteiger charge is -2.06. The average molecular weight is 276 g/mol. The second-order valence-electron chi connectivity index (χ2n) is 5.23. The van der Waals surface area contributed by atoms with Crippen LogP contribution in [0.1, 0.15) is 12.0 Å². The average Bonchev–Trinajstić information content (AvgIpc) is 2.52. The van der Waals surface area contributed by atoms with E-state index in [0.29, 0.717) is 0 Å². The van der Waals surface area contributed by atoms with Gasteiger partial charge in [-0.1, -0.05) is 48.5 Å². The second kappa shape index (κ2) is 5.92. The zero-order valence-electron chi connectivity index (χ0n) is 11.9. The molecule has 0 aliphatic carbocycles. The van der Waals surface area contributed by atoms with Gasteiger partial charge in [0.05, 0.1) is 0 Å². The molecule has 0 saturated heterocycles. The van der Waals surface area contributed by atoms with Crippen molar-refractivity contribution in [2.24, 2.45) is 0 Å². The highest BCUT2D eigenvalue weighted by molar-refractivity contribution is 5.87. The number of fused-ring (bicyclic) bond motifs is 1. The monoisotopic (exact) mass is 276 g/mol. The maximum atomic E-state index is 13.3. The fourth-order valence-electron chi connectivity index (χ4n) is 2.57. The molecule has 0 aliphatic heterocycles. The van der Waals surface area contributed by atoms with Crippen LogP contribution in [0, 0.1) is 5.82 Å². The summed E-state index contributed by atoms with van der Waals surface area (Å²) in [5.74, 6) is -0.202. The Kier molecular flexibility index (Phi) is 3.83. The van der Waals surface area contributed by atoms with E-state index in [0.717, 1.165) is 24.0 Å². The lowest BCUT2D eigenvalue weighted by atomic mass is 9.99. The van der Waals surface area contributed by atoms with Crippen LogP contribution in [0.15, 0.2) is 73.3 Å². The number of aryl methyl sites for hydroxylation is 1. The first-order valence-electron chi connectivity index (χ1n) is 7.16. The Morgan fingerprint density at radius 2 is 1.62 bits per heavy atom. The molecule has 1 heteroatoms. The van der Waals surface area contributed by atoms with E-state index in [-0.39, 0.29) is 5.82 Å². The molecule has 21 heavy (non-hydrogen) atoms. The van der Waals surface area contributed by atoms with Crippen molar-refractivity contribution in [2.75, 3.05) is 0 Å². The van der Waals surface area contributed by atoms with Gasteiger partial charge in [-0.25, -0.2) is 4.39 Å². The van der Waals surface area contributed by atoms with E-state index >= 15 is 0 Å². The Labute approximate surface area is 124 Å². The third kappa shape index (κ3) is 3.03. The number of rotatable bonds is 4. The predicted molar refractivity (Wildman–Crippen MR) is 87.9 cm³/mol. The standard InChI is InChI=1S/C20H17F/c1-2-3-5-15-8-9-18-13-19(11-10-17(18)12-15)16-6-4-7-20(21)14-16/h2,4,6-14H,1,3,5H2. The minimum Gasteiger partial charge on any atom is -0.207 e. The molecule has 0 fully saturated rings. The first kappa shape index (κ1) is 13.6. The molecule has 0 bridgehead atoms. The van der Waals surface area contributed by atoms with Crippen molar-refractivity contribution in [1.29, 1.82) is 0 Å². The van der Waals surface area contributed by atoms with Crippen molar-refractivity contribution in [1.82, 2.24) is 0 Å². The molecule has 0 atom stereocenters. The first-order valence-corrected chi connectivity index (χ1v) is 7.16. The minimum atomic E-state index is -0.202. The van der Waals surface area contributed by atoms with E-state index in [2.05, 4.69) is 36.9 Å². The van der Waals surface area contributed by atoms with Gasteiger partial charge in [0.1, 0.15) is 5.82 Å². The van der Waals surface area contributed by atoms with Gasteiger partial charge in [0.15, 0.2) is 0 Å². The fourth-order valence-corrected chi connectivity index (χ4v) is 2.57. The summed E-state index contributed by atoms with van der Waals surface area (Å²) in [6.07, 6.45) is 3.95. The Morgan fingerprint density at radius 3 is 2.43 bits per heavy atom. The minimum absolute atomic E-state index is 0.202. The Balaban J connectivity index is 1.99. The van der Waals surface area contributed by atoms with Gasteiger partial charge in [-0.05, 0) is 58.5 Å². The summed E-state index contributed by atoms with van der Waals surface area (Å²) in [6, 6.07) is 19.5. The van der Waals surface area contributed by atoms with Crippen molar-refractivity contribution in [3.05, 3.63) is 84.7 Å². The van der Waals surface area contributed by atoms with Gasteiger partial charge >= 0.3 is 0 Å². The van der Waals surface area contributed by atoms with Crippen LogP contribution in [0.2, 0.25) is 0 Å². The molecule has 0 heterocycles. The highest BCUT2D eigenvalue weighted by Crippen LogP contribution is 2.26. The molecule has 0 nitrogen and oxygen atoms in total. The summed E-state index contributed by atoms with van der Waals surface area (Å²) in [7, 11) is 0. The number of hydrogen-bond acceptors (Lipinski definition) is 0. The van der Waals surface area contributed by atoms with E-state index in [1.165, 1.54) is 22.4 Å². The predicted octanol–water partition coefficient (Wildman–Crippen LogP) is 5.76. The van der Waals surface area contributed by atoms with Crippen LogP contribution in [0.5, 0.6) is 0 Å². The molecule has 3 aromatic rings. The molecule has 0 saturated carbocycles. The van der Waals surface area contributed by atoms with Crippen LogP contribution < -0.4 is 0 Å². The molecular weight excluding hydrogens is 259 g/mol. The van der Waals surface area contributed by atoms with Crippen molar-refractivity contribution < 1.29 is 4.39 Å². The number of hydrogen-bond donors (Lipinski definition) is 0. The van der Waals surface area contributed by atoms with Crippen LogP contribution >= 0.6 is 0 Å². The molecule has 0 amide bonds. The lowest BCUT2D eigenvalue weighted by molar-refractivity contribution is 0.628. The van der Waals surface area contributed by atoms with Gasteiger partial charge in [0.2, 0.25) is 0 Å². The zero-order valence-corrected chi connectivity index (χ0v) is 11.9. The van der Waals surface area contributed by atoms with Crippen LogP contribution in [0.4, 0.5) is 4.39 Å². The van der Waals surface area contributed by atoms with E-state index in [1.54, 1.807) is 12.1 Å². The highest BCUT2D eigenvalue weighted by Gasteiger charge is 2.02. The van der Waals surface area contributed by atoms with Crippen molar-refractivity contribution in [3.8, 4) is 11.1 Å². The Morgan fingerprint density at radius 1 is 0.857 bits per heavy atom. The number of benzene rings is 3. The molecule has 0 radical (unpaired) electrons. The van der Waals surface area contributed by atoms with Gasteiger partial charge in [-0.2, -0.15) is 0 Å². The van der Waals surface area contributed by atoms with Crippen LogP contribution in [-0.4, -0.2) is 0 Å². The molecule has 3 rings (SSSR count). The SMILES string of the molecule is C=CCCc1ccc2cc(-c3cccc(F)c3)ccc2c1. The lowest BCUT2D eigenvalue weighted by Crippen LogP contribution is -1.85. The van der Waals surface area contributed by atoms with Gasteiger partial charge in [0, 0.05) is 0 Å². The van der Waals surface area contributed by atoms with E-state index < -0.39 is 0 Å². The van der Waals surface area contributed by atoms with E-state index in [1.807, 2.05) is 18.2 Å². The smallest absolute Gasteiger partial charge is 0.123 e. The van der Waals surface area contributed by atoms with E-state index in [4.69, 9.17) is 0 Å². The zero-order chi connectivity index (χ0) is 14.7. The summed E-state index contributed by atoms with van der Waals surface area (Å²) in [5, 5.41) is 2.40. The summed E-state index contributed by atoms with van der Waals surface area (Å²) in [6.45, 7) is 3.76. The second-order valence-corrected chi connectivity index (χ2v) is 5.23. The molecule has 104 valence electrons. The normalized spacial score (nSPS) is 10.7. The van der Waals surface area contributed by atoms with Gasteiger partial charge in [-0.3, -0.25) is 0 Å². The molecular formula is C20H17F. The molecule has 0 spiro atoms. The van der Waals surface area contributed by atoms with Crippen LogP contribution in [-0.2, 0) is 6.42 Å². The van der Waals surface area contributed by atoms with Gasteiger partial charge < -0.3 is 0 Å². The first-order chi connectivity index (χ1) is 10.3. The van der Waals surface area contributed by atoms with Crippen molar-refractivity contribution in [2.45, 2.75) is 12.8 Å². The molecule has 0 unspecified atom stereocenters. The number of halogens is 1. The Hall–Kier alpha value is -2.41. The quantitative estimate of drug-likeness (QED) is 0.531. The van der Waals surface area contributed by atoms with Crippen LogP contribution in [0.25, 0.3) is 21.9 Å². The molecule has 0 N–H and O–H groups in total. The molecule has 3 aromatic carbocycles. The maximum Gasteiger partial charge on any atom is 0.123 e. The summed E-state index contributed by atoms with van der Waals surface area (Å²) in [5.41, 5.74) is 3.27. The number of allylic oxidation sites excluding steroid dienone is 1. The molecule has 0 aromatic heterocycles. The largest absolute Gasteiger partial charge is 0.207 e. The summed E-state index contributed by atoms with van der Waals surface area (Å²) < 4.78 is 13.3. The summed E-state index contributed by atoms with van der Waals surface area (Å²) in [4.78, 5) is 0. The summed E-state index contributed by atoms with van der Waals surface area (Å²) >= 11 is 0. The van der Waals surface area contributed by atoms with Crippen molar-refractivity contribution in [3.63, 3.8) is 0 Å². The Bertz CT molecular complexity index is 787. The van der Waals surface area contributed by atoms with Crippen LogP contribution in [0.3, 0.4) is 0 Å². The maximum absolute atomic E-state index is 13.3. The van der Waals surface area contributed by atoms with Gasteiger partial charge in [0.25, 0.3) is 0 Å².